The fourth-order valence-electron chi connectivity index (χ4n) is 2.40. The molecular formula is C18H16ClN3O2S. The molecule has 1 heterocycles. The molecule has 0 N–H and O–H groups in total. The zero-order chi connectivity index (χ0) is 17.8. The number of rotatable bonds is 5. The van der Waals surface area contributed by atoms with Gasteiger partial charge in [-0.25, -0.2) is 4.79 Å². The molecule has 0 aliphatic heterocycles. The highest BCUT2D eigenvalue weighted by Gasteiger charge is 2.13. The molecule has 0 aliphatic rings. The van der Waals surface area contributed by atoms with Gasteiger partial charge in [-0.15, -0.1) is 10.2 Å². The Morgan fingerprint density at radius 1 is 1.20 bits per heavy atom. The van der Waals surface area contributed by atoms with Gasteiger partial charge in [0, 0.05) is 10.8 Å². The normalized spacial score (nSPS) is 10.7. The molecule has 25 heavy (non-hydrogen) atoms. The Morgan fingerprint density at radius 2 is 2.00 bits per heavy atom. The highest BCUT2D eigenvalue weighted by molar-refractivity contribution is 7.98. The topological polar surface area (TPSA) is 57.0 Å². The molecule has 0 spiro atoms. The third-order valence-electron chi connectivity index (χ3n) is 3.58. The summed E-state index contributed by atoms with van der Waals surface area (Å²) in [5.74, 6) is 1.10. The molecule has 3 rings (SSSR count). The molecule has 0 bridgehead atoms. The van der Waals surface area contributed by atoms with Gasteiger partial charge in [0.2, 0.25) is 0 Å². The number of benzene rings is 2. The number of aryl methyl sites for hydroxylation is 1. The van der Waals surface area contributed by atoms with E-state index in [1.165, 1.54) is 7.11 Å². The Hall–Kier alpha value is -2.31. The first-order chi connectivity index (χ1) is 12.1. The van der Waals surface area contributed by atoms with E-state index in [4.69, 9.17) is 16.3 Å². The van der Waals surface area contributed by atoms with Crippen molar-refractivity contribution in [1.82, 2.24) is 14.8 Å². The SMILES string of the molecule is COC(=O)c1cccc(CSc2nnc(C)n2-c2cccc(Cl)c2)c1. The molecule has 0 fully saturated rings. The van der Waals surface area contributed by atoms with Crippen LogP contribution in [0.4, 0.5) is 0 Å². The van der Waals surface area contributed by atoms with Gasteiger partial charge in [-0.1, -0.05) is 41.6 Å². The van der Waals surface area contributed by atoms with E-state index in [0.717, 1.165) is 22.2 Å². The van der Waals surface area contributed by atoms with Crippen LogP contribution in [0.2, 0.25) is 5.02 Å². The molecule has 0 atom stereocenters. The summed E-state index contributed by atoms with van der Waals surface area (Å²) in [6, 6.07) is 14.9. The molecule has 128 valence electrons. The highest BCUT2D eigenvalue weighted by atomic mass is 35.5. The minimum atomic E-state index is -0.343. The number of aromatic nitrogens is 3. The van der Waals surface area contributed by atoms with Crippen molar-refractivity contribution in [2.24, 2.45) is 0 Å². The summed E-state index contributed by atoms with van der Waals surface area (Å²) >= 11 is 7.64. The van der Waals surface area contributed by atoms with Gasteiger partial charge >= 0.3 is 5.97 Å². The Labute approximate surface area is 155 Å². The maximum absolute atomic E-state index is 11.6. The van der Waals surface area contributed by atoms with Crippen molar-refractivity contribution < 1.29 is 9.53 Å². The summed E-state index contributed by atoms with van der Waals surface area (Å²) < 4.78 is 6.72. The lowest BCUT2D eigenvalue weighted by Gasteiger charge is -2.09. The minimum Gasteiger partial charge on any atom is -0.465 e. The van der Waals surface area contributed by atoms with Crippen LogP contribution >= 0.6 is 23.4 Å². The van der Waals surface area contributed by atoms with Crippen LogP contribution in [0.25, 0.3) is 5.69 Å². The first-order valence-corrected chi connectivity index (χ1v) is 8.93. The molecular weight excluding hydrogens is 358 g/mol. The number of nitrogens with zero attached hydrogens (tertiary/aromatic N) is 3. The minimum absolute atomic E-state index is 0.343. The van der Waals surface area contributed by atoms with Crippen molar-refractivity contribution in [1.29, 1.82) is 0 Å². The van der Waals surface area contributed by atoms with E-state index in [2.05, 4.69) is 10.2 Å². The van der Waals surface area contributed by atoms with Crippen LogP contribution in [0.1, 0.15) is 21.7 Å². The van der Waals surface area contributed by atoms with E-state index in [9.17, 15) is 4.79 Å². The number of methoxy groups -OCH3 is 1. The number of halogens is 1. The van der Waals surface area contributed by atoms with E-state index < -0.39 is 0 Å². The second-order valence-electron chi connectivity index (χ2n) is 5.33. The number of carbonyl (C=O) groups is 1. The lowest BCUT2D eigenvalue weighted by Crippen LogP contribution is -2.02. The first-order valence-electron chi connectivity index (χ1n) is 7.56. The largest absolute Gasteiger partial charge is 0.465 e. The smallest absolute Gasteiger partial charge is 0.337 e. The molecule has 2 aromatic carbocycles. The van der Waals surface area contributed by atoms with Gasteiger partial charge in [0.25, 0.3) is 0 Å². The van der Waals surface area contributed by atoms with Gasteiger partial charge in [0.1, 0.15) is 5.82 Å². The summed E-state index contributed by atoms with van der Waals surface area (Å²) in [6.45, 7) is 1.90. The molecule has 3 aromatic rings. The average molecular weight is 374 g/mol. The van der Waals surface area contributed by atoms with Crippen molar-refractivity contribution in [2.45, 2.75) is 17.8 Å². The van der Waals surface area contributed by atoms with Gasteiger partial charge in [0.05, 0.1) is 18.4 Å². The van der Waals surface area contributed by atoms with Crippen molar-refractivity contribution in [3.8, 4) is 5.69 Å². The van der Waals surface area contributed by atoms with E-state index in [1.54, 1.807) is 17.8 Å². The number of thioether (sulfide) groups is 1. The van der Waals surface area contributed by atoms with E-state index in [1.807, 2.05) is 54.0 Å². The zero-order valence-electron chi connectivity index (χ0n) is 13.8. The fourth-order valence-corrected chi connectivity index (χ4v) is 3.53. The van der Waals surface area contributed by atoms with Crippen molar-refractivity contribution in [3.63, 3.8) is 0 Å². The molecule has 0 saturated carbocycles. The predicted octanol–water partition coefficient (Wildman–Crippen LogP) is 4.31. The first kappa shape index (κ1) is 17.5. The number of ether oxygens (including phenoxy) is 1. The van der Waals surface area contributed by atoms with E-state index in [-0.39, 0.29) is 5.97 Å². The molecule has 0 unspecified atom stereocenters. The van der Waals surface area contributed by atoms with Crippen LogP contribution in [-0.4, -0.2) is 27.8 Å². The Bertz CT molecular complexity index is 911. The van der Waals surface area contributed by atoms with Crippen molar-refractivity contribution in [3.05, 3.63) is 70.5 Å². The summed E-state index contributed by atoms with van der Waals surface area (Å²) in [4.78, 5) is 11.6. The lowest BCUT2D eigenvalue weighted by atomic mass is 10.1. The maximum atomic E-state index is 11.6. The number of esters is 1. The molecule has 1 aromatic heterocycles. The van der Waals surface area contributed by atoms with Crippen LogP contribution in [0.5, 0.6) is 0 Å². The van der Waals surface area contributed by atoms with Crippen molar-refractivity contribution >= 4 is 29.3 Å². The fraction of sp³-hybridized carbons (Fsp3) is 0.167. The second-order valence-corrected chi connectivity index (χ2v) is 6.70. The Kier molecular flexibility index (Phi) is 5.40. The average Bonchev–Trinajstić information content (AvgIpc) is 3.00. The molecule has 7 heteroatoms. The number of carbonyl (C=O) groups excluding carboxylic acids is 1. The Morgan fingerprint density at radius 3 is 2.76 bits per heavy atom. The molecule has 0 saturated heterocycles. The van der Waals surface area contributed by atoms with E-state index in [0.29, 0.717) is 16.3 Å². The number of hydrogen-bond donors (Lipinski definition) is 0. The molecule has 5 nitrogen and oxygen atoms in total. The summed E-state index contributed by atoms with van der Waals surface area (Å²) in [5, 5.41) is 9.85. The quantitative estimate of drug-likeness (QED) is 0.492. The maximum Gasteiger partial charge on any atom is 0.337 e. The summed E-state index contributed by atoms with van der Waals surface area (Å²) in [6.07, 6.45) is 0. The molecule has 0 amide bonds. The molecule has 0 aliphatic carbocycles. The van der Waals surface area contributed by atoms with Gasteiger partial charge in [-0.3, -0.25) is 4.57 Å². The zero-order valence-corrected chi connectivity index (χ0v) is 15.3. The van der Waals surface area contributed by atoms with Crippen LogP contribution in [0, 0.1) is 6.92 Å². The van der Waals surface area contributed by atoms with Gasteiger partial charge in [0.15, 0.2) is 5.16 Å². The van der Waals surface area contributed by atoms with Crippen LogP contribution in [0.15, 0.2) is 53.7 Å². The lowest BCUT2D eigenvalue weighted by molar-refractivity contribution is 0.0600. The summed E-state index contributed by atoms with van der Waals surface area (Å²) in [7, 11) is 1.37. The van der Waals surface area contributed by atoms with Crippen LogP contribution < -0.4 is 0 Å². The number of hydrogen-bond acceptors (Lipinski definition) is 5. The highest BCUT2D eigenvalue weighted by Crippen LogP contribution is 2.26. The third kappa shape index (κ3) is 4.03. The van der Waals surface area contributed by atoms with Gasteiger partial charge < -0.3 is 4.74 Å². The van der Waals surface area contributed by atoms with Gasteiger partial charge in [-0.05, 0) is 42.8 Å². The molecule has 0 radical (unpaired) electrons. The van der Waals surface area contributed by atoms with Crippen LogP contribution in [-0.2, 0) is 10.5 Å². The second kappa shape index (κ2) is 7.72. The van der Waals surface area contributed by atoms with E-state index >= 15 is 0 Å². The van der Waals surface area contributed by atoms with Gasteiger partial charge in [-0.2, -0.15) is 0 Å². The van der Waals surface area contributed by atoms with Crippen LogP contribution in [0.3, 0.4) is 0 Å². The monoisotopic (exact) mass is 373 g/mol. The van der Waals surface area contributed by atoms with Crippen molar-refractivity contribution in [2.75, 3.05) is 7.11 Å². The predicted molar refractivity (Wildman–Crippen MR) is 98.4 cm³/mol. The summed E-state index contributed by atoms with van der Waals surface area (Å²) in [5.41, 5.74) is 2.46. The Balaban J connectivity index is 1.82. The third-order valence-corrected chi connectivity index (χ3v) is 4.81. The standard InChI is InChI=1S/C18H16ClN3O2S/c1-12-20-21-18(22(12)16-8-4-7-15(19)10-16)25-11-13-5-3-6-14(9-13)17(23)24-2/h3-10H,11H2,1-2H3.